The molecule has 1 aromatic carbocycles. The number of aryl methyl sites for hydroxylation is 1. The van der Waals surface area contributed by atoms with Crippen molar-refractivity contribution in [3.8, 4) is 5.75 Å². The first-order valence-corrected chi connectivity index (χ1v) is 7.95. The third kappa shape index (κ3) is 5.44. The molecule has 0 N–H and O–H groups in total. The second kappa shape index (κ2) is 9.61. The van der Waals surface area contributed by atoms with Crippen LogP contribution < -0.4 is 4.74 Å². The number of nitro groups is 1. The molecule has 0 aliphatic heterocycles. The van der Waals surface area contributed by atoms with Gasteiger partial charge in [0.25, 0.3) is 0 Å². The molecule has 8 heteroatoms. The fourth-order valence-electron chi connectivity index (χ4n) is 2.52. The van der Waals surface area contributed by atoms with Gasteiger partial charge in [-0.3, -0.25) is 19.7 Å². The lowest BCUT2D eigenvalue weighted by molar-refractivity contribution is -0.484. The summed E-state index contributed by atoms with van der Waals surface area (Å²) in [6, 6.07) is 4.95. The average Bonchev–Trinajstić information content (AvgIpc) is 2.55. The molecule has 0 amide bonds. The van der Waals surface area contributed by atoms with Gasteiger partial charge in [-0.25, -0.2) is 0 Å². The van der Waals surface area contributed by atoms with Gasteiger partial charge in [0, 0.05) is 4.92 Å². The SMILES string of the molecule is CCOC(=O)C(C(=O)OCC)[C@@H](C[N+](=O)[O-])c1ccc(C)c(OC)c1. The van der Waals surface area contributed by atoms with E-state index in [1.807, 2.05) is 6.92 Å². The van der Waals surface area contributed by atoms with Gasteiger partial charge in [0.1, 0.15) is 5.75 Å². The number of hydrogen-bond acceptors (Lipinski definition) is 7. The molecule has 0 saturated heterocycles. The van der Waals surface area contributed by atoms with Gasteiger partial charge in [-0.15, -0.1) is 0 Å². The number of ether oxygens (including phenoxy) is 3. The molecule has 1 rings (SSSR count). The fraction of sp³-hybridized carbons (Fsp3) is 0.529. The molecule has 0 heterocycles. The van der Waals surface area contributed by atoms with Crippen LogP contribution in [-0.2, 0) is 19.1 Å². The molecule has 1 atom stereocenters. The molecule has 138 valence electrons. The van der Waals surface area contributed by atoms with E-state index in [0.29, 0.717) is 11.3 Å². The maximum Gasteiger partial charge on any atom is 0.321 e. The van der Waals surface area contributed by atoms with Crippen molar-refractivity contribution in [2.24, 2.45) is 5.92 Å². The lowest BCUT2D eigenvalue weighted by Crippen LogP contribution is -2.36. The Morgan fingerprint density at radius 1 is 1.16 bits per heavy atom. The van der Waals surface area contributed by atoms with Crippen LogP contribution in [0.25, 0.3) is 0 Å². The zero-order valence-electron chi connectivity index (χ0n) is 14.8. The first-order chi connectivity index (χ1) is 11.8. The van der Waals surface area contributed by atoms with Crippen LogP contribution in [0.2, 0.25) is 0 Å². The molecule has 0 aliphatic rings. The van der Waals surface area contributed by atoms with E-state index in [9.17, 15) is 19.7 Å². The van der Waals surface area contributed by atoms with Gasteiger partial charge in [0.05, 0.1) is 26.2 Å². The minimum absolute atomic E-state index is 0.0527. The lowest BCUT2D eigenvalue weighted by Gasteiger charge is -2.22. The highest BCUT2D eigenvalue weighted by Gasteiger charge is 2.41. The van der Waals surface area contributed by atoms with Crippen LogP contribution in [0.3, 0.4) is 0 Å². The Morgan fingerprint density at radius 2 is 1.72 bits per heavy atom. The van der Waals surface area contributed by atoms with E-state index in [1.165, 1.54) is 7.11 Å². The molecular formula is C17H23NO7. The first-order valence-electron chi connectivity index (χ1n) is 7.95. The minimum atomic E-state index is -1.42. The number of nitrogens with zero attached hydrogens (tertiary/aromatic N) is 1. The van der Waals surface area contributed by atoms with Gasteiger partial charge in [-0.05, 0) is 38.0 Å². The minimum Gasteiger partial charge on any atom is -0.496 e. The molecule has 0 bridgehead atoms. The summed E-state index contributed by atoms with van der Waals surface area (Å²) in [6.45, 7) is 4.50. The Balaban J connectivity index is 3.38. The molecule has 0 aliphatic carbocycles. The molecule has 0 aromatic heterocycles. The van der Waals surface area contributed by atoms with E-state index in [0.717, 1.165) is 5.56 Å². The third-order valence-corrected chi connectivity index (χ3v) is 3.69. The first kappa shape index (κ1) is 20.4. The number of rotatable bonds is 9. The molecule has 0 spiro atoms. The Hall–Kier alpha value is -2.64. The third-order valence-electron chi connectivity index (χ3n) is 3.69. The largest absolute Gasteiger partial charge is 0.496 e. The van der Waals surface area contributed by atoms with Crippen molar-refractivity contribution in [2.45, 2.75) is 26.7 Å². The van der Waals surface area contributed by atoms with Gasteiger partial charge >= 0.3 is 11.9 Å². The summed E-state index contributed by atoms with van der Waals surface area (Å²) in [4.78, 5) is 35.2. The summed E-state index contributed by atoms with van der Waals surface area (Å²) < 4.78 is 15.1. The summed E-state index contributed by atoms with van der Waals surface area (Å²) >= 11 is 0. The van der Waals surface area contributed by atoms with Crippen LogP contribution in [0.4, 0.5) is 0 Å². The zero-order chi connectivity index (χ0) is 19.0. The van der Waals surface area contributed by atoms with Crippen molar-refractivity contribution in [3.63, 3.8) is 0 Å². The predicted octanol–water partition coefficient (Wildman–Crippen LogP) is 2.11. The van der Waals surface area contributed by atoms with E-state index in [1.54, 1.807) is 32.0 Å². The van der Waals surface area contributed by atoms with Crippen LogP contribution in [0.15, 0.2) is 18.2 Å². The van der Waals surface area contributed by atoms with E-state index in [-0.39, 0.29) is 13.2 Å². The maximum atomic E-state index is 12.3. The Bertz CT molecular complexity index is 611. The second-order valence-corrected chi connectivity index (χ2v) is 5.33. The highest BCUT2D eigenvalue weighted by atomic mass is 16.6. The smallest absolute Gasteiger partial charge is 0.321 e. The number of esters is 2. The predicted molar refractivity (Wildman–Crippen MR) is 89.1 cm³/mol. The topological polar surface area (TPSA) is 105 Å². The van der Waals surface area contributed by atoms with Crippen LogP contribution in [-0.4, -0.2) is 43.7 Å². The molecule has 0 saturated carbocycles. The number of methoxy groups -OCH3 is 1. The number of benzene rings is 1. The Labute approximate surface area is 146 Å². The Morgan fingerprint density at radius 3 is 2.16 bits per heavy atom. The van der Waals surface area contributed by atoms with Crippen LogP contribution in [0.1, 0.15) is 30.9 Å². The Kier molecular flexibility index (Phi) is 7.84. The molecular weight excluding hydrogens is 330 g/mol. The molecule has 0 unspecified atom stereocenters. The van der Waals surface area contributed by atoms with Gasteiger partial charge in [0.15, 0.2) is 5.92 Å². The fourth-order valence-corrected chi connectivity index (χ4v) is 2.52. The molecule has 0 radical (unpaired) electrons. The summed E-state index contributed by atoms with van der Waals surface area (Å²) in [6.07, 6.45) is 0. The van der Waals surface area contributed by atoms with E-state index < -0.39 is 35.2 Å². The summed E-state index contributed by atoms with van der Waals surface area (Å²) in [7, 11) is 1.47. The van der Waals surface area contributed by atoms with E-state index >= 15 is 0 Å². The van der Waals surface area contributed by atoms with E-state index in [2.05, 4.69) is 0 Å². The summed E-state index contributed by atoms with van der Waals surface area (Å²) in [5, 5.41) is 11.1. The standard InChI is InChI=1S/C17H23NO7/c1-5-24-16(19)15(17(20)25-6-2)13(10-18(21)22)12-8-7-11(3)14(9-12)23-4/h7-9,13,15H,5-6,10H2,1-4H3/t13-/m0/s1. The molecule has 25 heavy (non-hydrogen) atoms. The van der Waals surface area contributed by atoms with Gasteiger partial charge in [-0.2, -0.15) is 0 Å². The average molecular weight is 353 g/mol. The summed E-state index contributed by atoms with van der Waals surface area (Å²) in [5.74, 6) is -3.61. The van der Waals surface area contributed by atoms with Gasteiger partial charge in [-0.1, -0.05) is 12.1 Å². The number of hydrogen-bond donors (Lipinski definition) is 0. The van der Waals surface area contributed by atoms with Gasteiger partial charge < -0.3 is 14.2 Å². The maximum absolute atomic E-state index is 12.3. The van der Waals surface area contributed by atoms with Crippen molar-refractivity contribution >= 4 is 11.9 Å². The zero-order valence-corrected chi connectivity index (χ0v) is 14.8. The summed E-state index contributed by atoms with van der Waals surface area (Å²) in [5.41, 5.74) is 1.26. The molecule has 8 nitrogen and oxygen atoms in total. The quantitative estimate of drug-likeness (QED) is 0.290. The highest BCUT2D eigenvalue weighted by molar-refractivity contribution is 5.96. The van der Waals surface area contributed by atoms with Crippen molar-refractivity contribution in [2.75, 3.05) is 26.9 Å². The monoisotopic (exact) mass is 353 g/mol. The normalized spacial score (nSPS) is 11.7. The van der Waals surface area contributed by atoms with E-state index in [4.69, 9.17) is 14.2 Å². The van der Waals surface area contributed by atoms with Crippen LogP contribution >= 0.6 is 0 Å². The highest BCUT2D eigenvalue weighted by Crippen LogP contribution is 2.31. The number of carbonyl (C=O) groups is 2. The molecule has 0 fully saturated rings. The van der Waals surface area contributed by atoms with Crippen molar-refractivity contribution in [3.05, 3.63) is 39.4 Å². The van der Waals surface area contributed by atoms with Crippen molar-refractivity contribution in [1.29, 1.82) is 0 Å². The molecule has 1 aromatic rings. The second-order valence-electron chi connectivity index (χ2n) is 5.33. The van der Waals surface area contributed by atoms with Crippen molar-refractivity contribution < 1.29 is 28.7 Å². The lowest BCUT2D eigenvalue weighted by atomic mass is 9.85. The van der Waals surface area contributed by atoms with Crippen molar-refractivity contribution in [1.82, 2.24) is 0 Å². The van der Waals surface area contributed by atoms with Crippen LogP contribution in [0, 0.1) is 23.0 Å². The van der Waals surface area contributed by atoms with Gasteiger partial charge in [0.2, 0.25) is 6.54 Å². The van der Waals surface area contributed by atoms with Crippen LogP contribution in [0.5, 0.6) is 5.75 Å². The number of carbonyl (C=O) groups excluding carboxylic acids is 2.